The van der Waals surface area contributed by atoms with Gasteiger partial charge in [-0.2, -0.15) is 5.10 Å². The highest BCUT2D eigenvalue weighted by molar-refractivity contribution is 9.10. The fourth-order valence-electron chi connectivity index (χ4n) is 2.38. The average molecular weight is 470 g/mol. The predicted molar refractivity (Wildman–Crippen MR) is 116 cm³/mol. The van der Waals surface area contributed by atoms with E-state index in [0.717, 1.165) is 5.56 Å². The Hall–Kier alpha value is -3.52. The molecule has 0 aliphatic heterocycles. The molecule has 0 spiro atoms. The van der Waals surface area contributed by atoms with E-state index in [1.165, 1.54) is 18.3 Å². The number of carbonyl (C=O) groups is 2. The van der Waals surface area contributed by atoms with Gasteiger partial charge in [-0.1, -0.05) is 46.3 Å². The molecular formula is C22H17BrFN3O3. The third kappa shape index (κ3) is 6.25. The molecule has 8 heteroatoms. The van der Waals surface area contributed by atoms with Gasteiger partial charge in [0.15, 0.2) is 0 Å². The summed E-state index contributed by atoms with van der Waals surface area (Å²) in [5.41, 5.74) is 3.75. The first-order valence-corrected chi connectivity index (χ1v) is 9.67. The number of hydrogen-bond donors (Lipinski definition) is 2. The van der Waals surface area contributed by atoms with Crippen molar-refractivity contribution in [1.82, 2.24) is 5.43 Å². The fraction of sp³-hybridized carbons (Fsp3) is 0.0455. The second-order valence-corrected chi connectivity index (χ2v) is 7.04. The smallest absolute Gasteiger partial charge is 0.329 e. The third-order valence-electron chi connectivity index (χ3n) is 3.89. The molecule has 0 radical (unpaired) electrons. The normalized spacial score (nSPS) is 10.6. The van der Waals surface area contributed by atoms with E-state index >= 15 is 0 Å². The van der Waals surface area contributed by atoms with Crippen LogP contribution in [0.1, 0.15) is 11.1 Å². The lowest BCUT2D eigenvalue weighted by molar-refractivity contribution is -0.136. The van der Waals surface area contributed by atoms with Gasteiger partial charge in [-0.25, -0.2) is 9.82 Å². The highest BCUT2D eigenvalue weighted by Crippen LogP contribution is 2.19. The van der Waals surface area contributed by atoms with Gasteiger partial charge >= 0.3 is 11.8 Å². The number of hydrogen-bond acceptors (Lipinski definition) is 4. The van der Waals surface area contributed by atoms with E-state index in [4.69, 9.17) is 4.74 Å². The van der Waals surface area contributed by atoms with Crippen LogP contribution in [0, 0.1) is 5.82 Å². The molecule has 0 heterocycles. The minimum Gasteiger partial charge on any atom is -0.489 e. The summed E-state index contributed by atoms with van der Waals surface area (Å²) in [5, 5.41) is 5.92. The number of nitrogens with zero attached hydrogens (tertiary/aromatic N) is 1. The van der Waals surface area contributed by atoms with E-state index < -0.39 is 17.6 Å². The molecule has 2 N–H and O–H groups in total. The summed E-state index contributed by atoms with van der Waals surface area (Å²) in [4.78, 5) is 23.6. The molecule has 0 atom stereocenters. The molecule has 0 aromatic heterocycles. The Bertz CT molecular complexity index is 1060. The van der Waals surface area contributed by atoms with E-state index in [1.54, 1.807) is 30.3 Å². The van der Waals surface area contributed by atoms with Crippen LogP contribution in [0.5, 0.6) is 5.75 Å². The van der Waals surface area contributed by atoms with E-state index in [0.29, 0.717) is 22.4 Å². The first-order valence-electron chi connectivity index (χ1n) is 8.87. The Morgan fingerprint density at radius 1 is 1.00 bits per heavy atom. The summed E-state index contributed by atoms with van der Waals surface area (Å²) < 4.78 is 19.9. The van der Waals surface area contributed by atoms with Crippen molar-refractivity contribution >= 4 is 39.6 Å². The minimum absolute atomic E-state index is 0.103. The van der Waals surface area contributed by atoms with Gasteiger partial charge in [0.05, 0.1) is 11.9 Å². The van der Waals surface area contributed by atoms with Crippen molar-refractivity contribution in [3.05, 3.63) is 94.2 Å². The van der Waals surface area contributed by atoms with E-state index in [1.807, 2.05) is 30.3 Å². The molecule has 3 aromatic carbocycles. The van der Waals surface area contributed by atoms with E-state index in [9.17, 15) is 14.0 Å². The van der Waals surface area contributed by atoms with Gasteiger partial charge in [-0.3, -0.25) is 9.59 Å². The molecule has 0 saturated carbocycles. The molecule has 0 bridgehead atoms. The van der Waals surface area contributed by atoms with Crippen molar-refractivity contribution in [2.45, 2.75) is 6.61 Å². The fourth-order valence-corrected chi connectivity index (χ4v) is 2.71. The molecule has 0 aliphatic carbocycles. The highest BCUT2D eigenvalue weighted by atomic mass is 79.9. The van der Waals surface area contributed by atoms with Crippen LogP contribution in [0.2, 0.25) is 0 Å². The van der Waals surface area contributed by atoms with Crippen molar-refractivity contribution in [3.8, 4) is 5.75 Å². The number of anilines is 1. The van der Waals surface area contributed by atoms with Gasteiger partial charge < -0.3 is 10.1 Å². The van der Waals surface area contributed by atoms with Gasteiger partial charge in [-0.15, -0.1) is 0 Å². The summed E-state index contributed by atoms with van der Waals surface area (Å²) >= 11 is 3.11. The number of rotatable bonds is 6. The number of benzene rings is 3. The number of ether oxygens (including phenoxy) is 1. The second kappa shape index (κ2) is 10.3. The van der Waals surface area contributed by atoms with Crippen LogP contribution in [-0.2, 0) is 16.2 Å². The van der Waals surface area contributed by atoms with Crippen LogP contribution >= 0.6 is 15.9 Å². The lowest BCUT2D eigenvalue weighted by Crippen LogP contribution is -2.32. The van der Waals surface area contributed by atoms with E-state index in [-0.39, 0.29) is 5.69 Å². The zero-order chi connectivity index (χ0) is 21.3. The van der Waals surface area contributed by atoms with Crippen LogP contribution in [0.3, 0.4) is 0 Å². The molecule has 3 rings (SSSR count). The summed E-state index contributed by atoms with van der Waals surface area (Å²) in [6.07, 6.45) is 1.38. The Morgan fingerprint density at radius 3 is 2.43 bits per heavy atom. The highest BCUT2D eigenvalue weighted by Gasteiger charge is 2.15. The summed E-state index contributed by atoms with van der Waals surface area (Å²) in [7, 11) is 0. The number of nitrogens with one attached hydrogen (secondary N) is 2. The Labute approximate surface area is 180 Å². The largest absolute Gasteiger partial charge is 0.489 e. The van der Waals surface area contributed by atoms with Crippen LogP contribution < -0.4 is 15.5 Å². The first kappa shape index (κ1) is 21.2. The van der Waals surface area contributed by atoms with Gasteiger partial charge in [-0.05, 0) is 53.6 Å². The van der Waals surface area contributed by atoms with Gasteiger partial charge in [0.2, 0.25) is 0 Å². The number of hydrazone groups is 1. The second-order valence-electron chi connectivity index (χ2n) is 6.12. The van der Waals surface area contributed by atoms with Crippen LogP contribution in [0.25, 0.3) is 0 Å². The Kier molecular flexibility index (Phi) is 7.29. The molecule has 2 amide bonds. The Balaban J connectivity index is 1.48. The number of amides is 2. The summed E-state index contributed by atoms with van der Waals surface area (Å²) in [5.74, 6) is -2.02. The maximum Gasteiger partial charge on any atom is 0.329 e. The van der Waals surface area contributed by atoms with Crippen molar-refractivity contribution in [1.29, 1.82) is 0 Å². The lowest BCUT2D eigenvalue weighted by atomic mass is 10.2. The SMILES string of the molecule is O=C(N/N=C/c1ccc(OCc2ccccc2)cc1)C(=O)Nc1ccc(Br)cc1F. The van der Waals surface area contributed by atoms with Gasteiger partial charge in [0, 0.05) is 4.47 Å². The molecule has 0 fully saturated rings. The number of carbonyl (C=O) groups excluding carboxylic acids is 2. The molecular weight excluding hydrogens is 453 g/mol. The number of halogens is 2. The lowest BCUT2D eigenvalue weighted by Gasteiger charge is -2.06. The zero-order valence-electron chi connectivity index (χ0n) is 15.6. The molecule has 6 nitrogen and oxygen atoms in total. The van der Waals surface area contributed by atoms with Gasteiger partial charge in [0.1, 0.15) is 18.2 Å². The summed E-state index contributed by atoms with van der Waals surface area (Å²) in [6.45, 7) is 0.457. The molecule has 0 aliphatic rings. The monoisotopic (exact) mass is 469 g/mol. The topological polar surface area (TPSA) is 79.8 Å². The maximum absolute atomic E-state index is 13.7. The third-order valence-corrected chi connectivity index (χ3v) is 4.39. The average Bonchev–Trinajstić information content (AvgIpc) is 2.75. The van der Waals surface area contributed by atoms with Crippen LogP contribution in [-0.4, -0.2) is 18.0 Å². The quantitative estimate of drug-likeness (QED) is 0.321. The molecule has 3 aromatic rings. The molecule has 152 valence electrons. The zero-order valence-corrected chi connectivity index (χ0v) is 17.2. The van der Waals surface area contributed by atoms with Crippen LogP contribution in [0.15, 0.2) is 82.4 Å². The van der Waals surface area contributed by atoms with Crippen molar-refractivity contribution in [2.24, 2.45) is 5.10 Å². The molecule has 30 heavy (non-hydrogen) atoms. The molecule has 0 saturated heterocycles. The standard InChI is InChI=1S/C22H17BrFN3O3/c23-17-8-11-20(19(24)12-17)26-21(28)22(29)27-25-13-15-6-9-18(10-7-15)30-14-16-4-2-1-3-5-16/h1-13H,14H2,(H,26,28)(H,27,29)/b25-13+. The maximum atomic E-state index is 13.7. The van der Waals surface area contributed by atoms with E-state index in [2.05, 4.69) is 31.8 Å². The minimum atomic E-state index is -1.03. The van der Waals surface area contributed by atoms with Gasteiger partial charge in [0.25, 0.3) is 0 Å². The predicted octanol–water partition coefficient (Wildman–Crippen LogP) is 4.26. The molecule has 0 unspecified atom stereocenters. The first-order chi connectivity index (χ1) is 14.5. The van der Waals surface area contributed by atoms with Crippen molar-refractivity contribution in [2.75, 3.05) is 5.32 Å². The van der Waals surface area contributed by atoms with Crippen molar-refractivity contribution < 1.29 is 18.7 Å². The summed E-state index contributed by atoms with van der Waals surface area (Å²) in [6, 6.07) is 20.9. The van der Waals surface area contributed by atoms with Crippen molar-refractivity contribution in [3.63, 3.8) is 0 Å². The Morgan fingerprint density at radius 2 is 1.73 bits per heavy atom. The van der Waals surface area contributed by atoms with Crippen LogP contribution in [0.4, 0.5) is 10.1 Å².